The Hall–Kier alpha value is -2.54. The van der Waals surface area contributed by atoms with Crippen molar-refractivity contribution in [3.05, 3.63) is 54.1 Å². The Kier molecular flexibility index (Phi) is 5.49. The van der Waals surface area contributed by atoms with Gasteiger partial charge in [-0.1, -0.05) is 30.3 Å². The highest BCUT2D eigenvalue weighted by Crippen LogP contribution is 2.41. The summed E-state index contributed by atoms with van der Waals surface area (Å²) in [6, 6.07) is 13.8. The van der Waals surface area contributed by atoms with Crippen LogP contribution in [0.25, 0.3) is 0 Å². The number of para-hydroxylation sites is 1. The fraction of sp³-hybridized carbons (Fsp3) is 0.435. The zero-order chi connectivity index (χ0) is 21.4. The first kappa shape index (κ1) is 20.7. The van der Waals surface area contributed by atoms with E-state index in [4.69, 9.17) is 9.47 Å². The van der Waals surface area contributed by atoms with Crippen molar-refractivity contribution in [3.8, 4) is 11.5 Å². The van der Waals surface area contributed by atoms with Crippen LogP contribution in [0.5, 0.6) is 11.5 Å². The smallest absolute Gasteiger partial charge is 0.260 e. The number of sulfone groups is 1. The number of carbonyl (C=O) groups is 1. The molecule has 1 saturated heterocycles. The van der Waals surface area contributed by atoms with Crippen molar-refractivity contribution in [2.75, 3.05) is 18.9 Å². The number of amides is 1. The molecule has 2 aliphatic heterocycles. The minimum atomic E-state index is -3.45. The van der Waals surface area contributed by atoms with Gasteiger partial charge in [-0.3, -0.25) is 4.79 Å². The number of nitrogens with zero attached hydrogens (tertiary/aromatic N) is 1. The van der Waals surface area contributed by atoms with E-state index in [1.165, 1.54) is 0 Å². The van der Waals surface area contributed by atoms with E-state index in [9.17, 15) is 13.2 Å². The standard InChI is InChI=1S/C23H27NO5S/c1-23(2)14-17-8-6-12-20(22(17)29-23)28-15-21(25)24-13-7-9-18(24)16-30(26,27)19-10-4-3-5-11-19/h3-6,8,10-12,18H,7,9,13-16H2,1-2H3. The fourth-order valence-corrected chi connectivity index (χ4v) is 5.86. The van der Waals surface area contributed by atoms with Crippen LogP contribution in [0, 0.1) is 0 Å². The van der Waals surface area contributed by atoms with Crippen molar-refractivity contribution in [3.63, 3.8) is 0 Å². The maximum absolute atomic E-state index is 12.8. The van der Waals surface area contributed by atoms with Gasteiger partial charge in [0.1, 0.15) is 5.60 Å². The van der Waals surface area contributed by atoms with E-state index in [2.05, 4.69) is 0 Å². The summed E-state index contributed by atoms with van der Waals surface area (Å²) in [5.41, 5.74) is 0.774. The summed E-state index contributed by atoms with van der Waals surface area (Å²) < 4.78 is 37.3. The number of likely N-dealkylation sites (tertiary alicyclic amines) is 1. The molecule has 2 aromatic carbocycles. The van der Waals surface area contributed by atoms with Gasteiger partial charge in [0.15, 0.2) is 27.9 Å². The van der Waals surface area contributed by atoms with Crippen molar-refractivity contribution in [2.45, 2.75) is 49.6 Å². The Bertz CT molecular complexity index is 1030. The summed E-state index contributed by atoms with van der Waals surface area (Å²) in [5.74, 6) is 0.982. The molecule has 4 rings (SSSR count). The molecule has 6 nitrogen and oxygen atoms in total. The Labute approximate surface area is 177 Å². The molecule has 0 saturated carbocycles. The van der Waals surface area contributed by atoms with Crippen LogP contribution in [-0.2, 0) is 21.1 Å². The second-order valence-electron chi connectivity index (χ2n) is 8.55. The molecular formula is C23H27NO5S. The maximum atomic E-state index is 12.8. The fourth-order valence-electron chi connectivity index (χ4n) is 4.24. The van der Waals surface area contributed by atoms with Crippen LogP contribution in [0.15, 0.2) is 53.4 Å². The molecule has 0 aromatic heterocycles. The zero-order valence-corrected chi connectivity index (χ0v) is 18.2. The van der Waals surface area contributed by atoms with E-state index in [1.54, 1.807) is 41.3 Å². The van der Waals surface area contributed by atoms with Crippen LogP contribution >= 0.6 is 0 Å². The van der Waals surface area contributed by atoms with Gasteiger partial charge in [-0.2, -0.15) is 0 Å². The predicted molar refractivity (Wildman–Crippen MR) is 114 cm³/mol. The Balaban J connectivity index is 1.41. The van der Waals surface area contributed by atoms with Gasteiger partial charge in [-0.25, -0.2) is 8.42 Å². The Morgan fingerprint density at radius 1 is 1.17 bits per heavy atom. The van der Waals surface area contributed by atoms with Crippen LogP contribution in [0.3, 0.4) is 0 Å². The number of ether oxygens (including phenoxy) is 2. The van der Waals surface area contributed by atoms with Crippen LogP contribution in [-0.4, -0.2) is 49.8 Å². The summed E-state index contributed by atoms with van der Waals surface area (Å²) in [7, 11) is -3.45. The monoisotopic (exact) mass is 429 g/mol. The highest BCUT2D eigenvalue weighted by atomic mass is 32.2. The normalized spacial score (nSPS) is 19.9. The van der Waals surface area contributed by atoms with Crippen molar-refractivity contribution >= 4 is 15.7 Å². The molecule has 0 radical (unpaired) electrons. The van der Waals surface area contributed by atoms with E-state index in [1.807, 2.05) is 26.0 Å². The van der Waals surface area contributed by atoms with Gasteiger partial charge >= 0.3 is 0 Å². The molecule has 0 bridgehead atoms. The molecule has 1 fully saturated rings. The summed E-state index contributed by atoms with van der Waals surface area (Å²) in [6.07, 6.45) is 2.26. The van der Waals surface area contributed by atoms with Gasteiger partial charge in [0, 0.05) is 24.6 Å². The highest BCUT2D eigenvalue weighted by molar-refractivity contribution is 7.91. The van der Waals surface area contributed by atoms with Gasteiger partial charge in [0.25, 0.3) is 5.91 Å². The summed E-state index contributed by atoms with van der Waals surface area (Å²) in [6.45, 7) is 4.45. The van der Waals surface area contributed by atoms with Crippen LogP contribution < -0.4 is 9.47 Å². The molecule has 2 aromatic rings. The number of carbonyl (C=O) groups excluding carboxylic acids is 1. The van der Waals surface area contributed by atoms with Crippen LogP contribution in [0.2, 0.25) is 0 Å². The molecule has 1 amide bonds. The van der Waals surface area contributed by atoms with E-state index >= 15 is 0 Å². The lowest BCUT2D eigenvalue weighted by molar-refractivity contribution is -0.133. The molecule has 7 heteroatoms. The first-order chi connectivity index (χ1) is 14.3. The molecule has 2 heterocycles. The predicted octanol–water partition coefficient (Wildman–Crippen LogP) is 3.24. The minimum absolute atomic E-state index is 0.0687. The third-order valence-electron chi connectivity index (χ3n) is 5.62. The van der Waals surface area contributed by atoms with E-state index in [-0.39, 0.29) is 29.9 Å². The van der Waals surface area contributed by atoms with E-state index in [0.29, 0.717) is 29.4 Å². The number of rotatable bonds is 6. The molecule has 1 atom stereocenters. The number of fused-ring (bicyclic) bond motifs is 1. The molecule has 1 unspecified atom stereocenters. The van der Waals surface area contributed by atoms with Crippen molar-refractivity contribution in [2.24, 2.45) is 0 Å². The third-order valence-corrected chi connectivity index (χ3v) is 7.43. The topological polar surface area (TPSA) is 72.9 Å². The second-order valence-corrected chi connectivity index (χ2v) is 10.6. The summed E-state index contributed by atoms with van der Waals surface area (Å²) >= 11 is 0. The molecule has 160 valence electrons. The number of hydrogen-bond acceptors (Lipinski definition) is 5. The van der Waals surface area contributed by atoms with Crippen LogP contribution in [0.1, 0.15) is 32.3 Å². The van der Waals surface area contributed by atoms with Gasteiger partial charge in [0.2, 0.25) is 0 Å². The molecule has 0 N–H and O–H groups in total. The third kappa shape index (κ3) is 4.31. The summed E-state index contributed by atoms with van der Waals surface area (Å²) in [4.78, 5) is 14.8. The van der Waals surface area contributed by atoms with Gasteiger partial charge in [-0.15, -0.1) is 0 Å². The maximum Gasteiger partial charge on any atom is 0.260 e. The van der Waals surface area contributed by atoms with E-state index in [0.717, 1.165) is 18.4 Å². The van der Waals surface area contributed by atoms with Gasteiger partial charge < -0.3 is 14.4 Å². The van der Waals surface area contributed by atoms with Crippen molar-refractivity contribution < 1.29 is 22.7 Å². The Morgan fingerprint density at radius 3 is 2.70 bits per heavy atom. The first-order valence-electron chi connectivity index (χ1n) is 10.3. The highest BCUT2D eigenvalue weighted by Gasteiger charge is 2.35. The second kappa shape index (κ2) is 7.95. The average molecular weight is 430 g/mol. The molecule has 2 aliphatic rings. The zero-order valence-electron chi connectivity index (χ0n) is 17.3. The SMILES string of the molecule is CC1(C)Cc2cccc(OCC(=O)N3CCCC3CS(=O)(=O)c3ccccc3)c2O1. The van der Waals surface area contributed by atoms with Crippen molar-refractivity contribution in [1.29, 1.82) is 0 Å². The molecule has 0 spiro atoms. The molecular weight excluding hydrogens is 402 g/mol. The van der Waals surface area contributed by atoms with E-state index < -0.39 is 9.84 Å². The Morgan fingerprint density at radius 2 is 1.93 bits per heavy atom. The molecule has 0 aliphatic carbocycles. The average Bonchev–Trinajstić information content (AvgIpc) is 3.28. The minimum Gasteiger partial charge on any atom is -0.483 e. The van der Waals surface area contributed by atoms with Gasteiger partial charge in [-0.05, 0) is 44.9 Å². The summed E-state index contributed by atoms with van der Waals surface area (Å²) in [5, 5.41) is 0. The largest absolute Gasteiger partial charge is 0.483 e. The quantitative estimate of drug-likeness (QED) is 0.705. The first-order valence-corrected chi connectivity index (χ1v) is 11.9. The van der Waals surface area contributed by atoms with Crippen molar-refractivity contribution in [1.82, 2.24) is 4.90 Å². The number of hydrogen-bond donors (Lipinski definition) is 0. The molecule has 30 heavy (non-hydrogen) atoms. The lowest BCUT2D eigenvalue weighted by Crippen LogP contribution is -2.42. The van der Waals surface area contributed by atoms with Gasteiger partial charge in [0.05, 0.1) is 10.6 Å². The lowest BCUT2D eigenvalue weighted by atomic mass is 10.0. The lowest BCUT2D eigenvalue weighted by Gasteiger charge is -2.25. The number of benzene rings is 2. The van der Waals surface area contributed by atoms with Crippen LogP contribution in [0.4, 0.5) is 0 Å².